The van der Waals surface area contributed by atoms with Crippen molar-refractivity contribution in [3.8, 4) is 0 Å². The van der Waals surface area contributed by atoms with Crippen LogP contribution in [0.4, 0.5) is 5.69 Å². The number of nitro groups is 1. The molecule has 2 atom stereocenters. The van der Waals surface area contributed by atoms with Crippen LogP contribution in [0.2, 0.25) is 0 Å². The molecule has 0 heterocycles. The minimum atomic E-state index is -0.307. The van der Waals surface area contributed by atoms with Gasteiger partial charge in [0.2, 0.25) is 0 Å². The summed E-state index contributed by atoms with van der Waals surface area (Å²) in [5, 5.41) is 14.6. The van der Waals surface area contributed by atoms with Gasteiger partial charge in [-0.1, -0.05) is 42.1 Å². The summed E-state index contributed by atoms with van der Waals surface area (Å²) in [4.78, 5) is 10.8. The molecule has 0 amide bonds. The predicted molar refractivity (Wildman–Crippen MR) is 83.7 cm³/mol. The molecule has 2 unspecified atom stereocenters. The molecule has 0 aliphatic heterocycles. The largest absolute Gasteiger partial charge is 0.309 e. The van der Waals surface area contributed by atoms with Gasteiger partial charge in [-0.25, -0.2) is 0 Å². The van der Waals surface area contributed by atoms with Crippen molar-refractivity contribution in [2.45, 2.75) is 51.6 Å². The van der Waals surface area contributed by atoms with Gasteiger partial charge >= 0.3 is 0 Å². The quantitative estimate of drug-likeness (QED) is 0.501. The maximum absolute atomic E-state index is 11.1. The van der Waals surface area contributed by atoms with Crippen LogP contribution in [0, 0.1) is 16.0 Å². The molecule has 1 fully saturated rings. The Kier molecular flexibility index (Phi) is 5.54. The van der Waals surface area contributed by atoms with E-state index < -0.39 is 0 Å². The van der Waals surface area contributed by atoms with Crippen LogP contribution < -0.4 is 5.32 Å². The molecule has 1 aromatic rings. The van der Waals surface area contributed by atoms with Gasteiger partial charge in [0.25, 0.3) is 5.69 Å². The zero-order chi connectivity index (χ0) is 14.5. The van der Waals surface area contributed by atoms with Crippen LogP contribution in [0.3, 0.4) is 0 Å². The Morgan fingerprint density at radius 3 is 2.85 bits per heavy atom. The van der Waals surface area contributed by atoms with Crippen LogP contribution in [-0.2, 0) is 6.54 Å². The summed E-state index contributed by atoms with van der Waals surface area (Å²) in [6.45, 7) is 2.84. The number of halogens is 1. The van der Waals surface area contributed by atoms with Crippen LogP contribution >= 0.6 is 15.9 Å². The van der Waals surface area contributed by atoms with Crippen LogP contribution in [0.5, 0.6) is 0 Å². The van der Waals surface area contributed by atoms with Crippen LogP contribution in [0.15, 0.2) is 22.7 Å². The highest BCUT2D eigenvalue weighted by Crippen LogP contribution is 2.26. The number of rotatable bonds is 4. The Morgan fingerprint density at radius 1 is 1.35 bits per heavy atom. The van der Waals surface area contributed by atoms with Gasteiger partial charge in [-0.15, -0.1) is 0 Å². The number of benzene rings is 1. The van der Waals surface area contributed by atoms with Gasteiger partial charge in [-0.2, -0.15) is 0 Å². The van der Waals surface area contributed by atoms with E-state index in [1.165, 1.54) is 32.1 Å². The molecule has 5 heteroatoms. The van der Waals surface area contributed by atoms with Gasteiger partial charge in [0, 0.05) is 28.7 Å². The lowest BCUT2D eigenvalue weighted by atomic mass is 9.96. The molecule has 1 aromatic carbocycles. The molecule has 0 spiro atoms. The molecule has 0 radical (unpaired) electrons. The zero-order valence-corrected chi connectivity index (χ0v) is 13.4. The molecule has 1 saturated carbocycles. The lowest BCUT2D eigenvalue weighted by Gasteiger charge is -2.22. The van der Waals surface area contributed by atoms with Crippen LogP contribution in [-0.4, -0.2) is 11.0 Å². The molecule has 110 valence electrons. The van der Waals surface area contributed by atoms with Crippen LogP contribution in [0.1, 0.15) is 44.6 Å². The van der Waals surface area contributed by atoms with Crippen molar-refractivity contribution in [3.05, 3.63) is 38.3 Å². The minimum Gasteiger partial charge on any atom is -0.309 e. The Labute approximate surface area is 128 Å². The first-order chi connectivity index (χ1) is 9.58. The molecular formula is C15H21BrN2O2. The van der Waals surface area contributed by atoms with E-state index in [0.29, 0.717) is 18.5 Å². The third kappa shape index (κ3) is 4.03. The first kappa shape index (κ1) is 15.4. The van der Waals surface area contributed by atoms with Gasteiger partial charge < -0.3 is 5.32 Å². The average molecular weight is 341 g/mol. The number of hydrogen-bond donors (Lipinski definition) is 1. The third-order valence-corrected chi connectivity index (χ3v) is 4.65. The molecule has 0 aromatic heterocycles. The fraction of sp³-hybridized carbons (Fsp3) is 0.600. The molecule has 0 bridgehead atoms. The molecule has 0 saturated heterocycles. The molecule has 1 N–H and O–H groups in total. The summed E-state index contributed by atoms with van der Waals surface area (Å²) in [6, 6.07) is 5.74. The highest BCUT2D eigenvalue weighted by Gasteiger charge is 2.21. The SMILES string of the molecule is CC1CCCCCC1NCc1ccc(Br)cc1[N+](=O)[O-]. The van der Waals surface area contributed by atoms with Gasteiger partial charge in [0.05, 0.1) is 4.92 Å². The first-order valence-corrected chi connectivity index (χ1v) is 8.03. The summed E-state index contributed by atoms with van der Waals surface area (Å²) >= 11 is 3.29. The van der Waals surface area contributed by atoms with E-state index in [2.05, 4.69) is 28.2 Å². The minimum absolute atomic E-state index is 0.188. The number of hydrogen-bond acceptors (Lipinski definition) is 3. The summed E-state index contributed by atoms with van der Waals surface area (Å²) < 4.78 is 0.746. The zero-order valence-electron chi connectivity index (χ0n) is 11.8. The van der Waals surface area contributed by atoms with Crippen molar-refractivity contribution < 1.29 is 4.92 Å². The Morgan fingerprint density at radius 2 is 2.10 bits per heavy atom. The molecule has 20 heavy (non-hydrogen) atoms. The molecular weight excluding hydrogens is 320 g/mol. The molecule has 4 nitrogen and oxygen atoms in total. The highest BCUT2D eigenvalue weighted by molar-refractivity contribution is 9.10. The lowest BCUT2D eigenvalue weighted by molar-refractivity contribution is -0.385. The Balaban J connectivity index is 2.04. The van der Waals surface area contributed by atoms with Gasteiger partial charge in [0.1, 0.15) is 0 Å². The van der Waals surface area contributed by atoms with Gasteiger partial charge in [-0.3, -0.25) is 10.1 Å². The second-order valence-electron chi connectivity index (χ2n) is 5.63. The van der Waals surface area contributed by atoms with E-state index in [0.717, 1.165) is 10.0 Å². The van der Waals surface area contributed by atoms with Crippen molar-refractivity contribution in [1.29, 1.82) is 0 Å². The van der Waals surface area contributed by atoms with Crippen molar-refractivity contribution >= 4 is 21.6 Å². The van der Waals surface area contributed by atoms with Gasteiger partial charge in [-0.05, 0) is 30.9 Å². The fourth-order valence-corrected chi connectivity index (χ4v) is 3.24. The van der Waals surface area contributed by atoms with E-state index in [9.17, 15) is 10.1 Å². The topological polar surface area (TPSA) is 55.2 Å². The standard InChI is InChI=1S/C15H21BrN2O2/c1-11-5-3-2-4-6-14(11)17-10-12-7-8-13(16)9-15(12)18(19)20/h7-9,11,14,17H,2-6,10H2,1H3. The number of nitro benzene ring substituents is 1. The fourth-order valence-electron chi connectivity index (χ4n) is 2.89. The third-order valence-electron chi connectivity index (χ3n) is 4.16. The molecule has 1 aliphatic carbocycles. The Bertz CT molecular complexity index is 479. The van der Waals surface area contributed by atoms with Crippen molar-refractivity contribution in [2.75, 3.05) is 0 Å². The summed E-state index contributed by atoms with van der Waals surface area (Å²) in [5.74, 6) is 0.645. The predicted octanol–water partition coefficient (Wildman–Crippen LogP) is 4.42. The van der Waals surface area contributed by atoms with E-state index in [4.69, 9.17) is 0 Å². The van der Waals surface area contributed by atoms with Crippen LogP contribution in [0.25, 0.3) is 0 Å². The maximum atomic E-state index is 11.1. The lowest BCUT2D eigenvalue weighted by Crippen LogP contribution is -2.33. The average Bonchev–Trinajstić information content (AvgIpc) is 2.62. The van der Waals surface area contributed by atoms with E-state index in [1.54, 1.807) is 6.07 Å². The van der Waals surface area contributed by atoms with Gasteiger partial charge in [0.15, 0.2) is 0 Å². The smallest absolute Gasteiger partial charge is 0.275 e. The highest BCUT2D eigenvalue weighted by atomic mass is 79.9. The van der Waals surface area contributed by atoms with Crippen molar-refractivity contribution in [3.63, 3.8) is 0 Å². The summed E-state index contributed by atoms with van der Waals surface area (Å²) in [5.41, 5.74) is 0.947. The van der Waals surface area contributed by atoms with E-state index in [-0.39, 0.29) is 10.6 Å². The van der Waals surface area contributed by atoms with E-state index in [1.807, 2.05) is 12.1 Å². The Hall–Kier alpha value is -0.940. The van der Waals surface area contributed by atoms with E-state index >= 15 is 0 Å². The summed E-state index contributed by atoms with van der Waals surface area (Å²) in [6.07, 6.45) is 6.29. The maximum Gasteiger partial charge on any atom is 0.275 e. The molecule has 1 aliphatic rings. The second kappa shape index (κ2) is 7.18. The monoisotopic (exact) mass is 340 g/mol. The normalized spacial score (nSPS) is 23.3. The second-order valence-corrected chi connectivity index (χ2v) is 6.55. The number of nitrogens with zero attached hydrogens (tertiary/aromatic N) is 1. The summed E-state index contributed by atoms with van der Waals surface area (Å²) in [7, 11) is 0. The number of nitrogens with one attached hydrogen (secondary N) is 1. The van der Waals surface area contributed by atoms with Crippen molar-refractivity contribution in [1.82, 2.24) is 5.32 Å². The van der Waals surface area contributed by atoms with Crippen molar-refractivity contribution in [2.24, 2.45) is 5.92 Å². The first-order valence-electron chi connectivity index (χ1n) is 7.24. The molecule has 2 rings (SSSR count).